The van der Waals surface area contributed by atoms with E-state index in [-0.39, 0.29) is 10.3 Å². The van der Waals surface area contributed by atoms with Gasteiger partial charge in [0.1, 0.15) is 3.70 Å². The highest BCUT2D eigenvalue weighted by Crippen LogP contribution is 2.31. The lowest BCUT2D eigenvalue weighted by molar-refractivity contribution is -0.275. The number of carbonyl (C=O) groups excluding carboxylic acids is 1. The normalized spacial score (nSPS) is 11.2. The van der Waals surface area contributed by atoms with E-state index in [2.05, 4.69) is 14.5 Å². The SMILES string of the molecule is CCOC(=O)c1nc(I)c(OC(F)(F)F)cc1O. The summed E-state index contributed by atoms with van der Waals surface area (Å²) < 4.78 is 44.0. The summed E-state index contributed by atoms with van der Waals surface area (Å²) >= 11 is 1.45. The van der Waals surface area contributed by atoms with Gasteiger partial charge in [0.2, 0.25) is 0 Å². The van der Waals surface area contributed by atoms with E-state index in [9.17, 15) is 23.1 Å². The van der Waals surface area contributed by atoms with Crippen molar-refractivity contribution in [1.82, 2.24) is 4.98 Å². The van der Waals surface area contributed by atoms with Crippen LogP contribution in [0.4, 0.5) is 13.2 Å². The van der Waals surface area contributed by atoms with Crippen molar-refractivity contribution in [3.05, 3.63) is 15.5 Å². The van der Waals surface area contributed by atoms with Crippen molar-refractivity contribution in [2.45, 2.75) is 13.3 Å². The molecule has 0 amide bonds. The maximum atomic E-state index is 12.0. The highest BCUT2D eigenvalue weighted by Gasteiger charge is 2.33. The Hall–Kier alpha value is -1.26. The molecule has 0 aromatic carbocycles. The molecule has 5 nitrogen and oxygen atoms in total. The first-order chi connectivity index (χ1) is 8.24. The van der Waals surface area contributed by atoms with Crippen LogP contribution in [0.2, 0.25) is 0 Å². The minimum atomic E-state index is -4.90. The molecule has 18 heavy (non-hydrogen) atoms. The van der Waals surface area contributed by atoms with Crippen LogP contribution in [0.15, 0.2) is 6.07 Å². The molecule has 1 heterocycles. The van der Waals surface area contributed by atoms with Gasteiger partial charge < -0.3 is 14.6 Å². The number of rotatable bonds is 3. The molecule has 1 aromatic rings. The Bertz CT molecular complexity index is 464. The lowest BCUT2D eigenvalue weighted by Gasteiger charge is -2.11. The summed E-state index contributed by atoms with van der Waals surface area (Å²) in [5, 5.41) is 9.40. The van der Waals surface area contributed by atoms with Crippen LogP contribution < -0.4 is 4.74 Å². The molecule has 9 heteroatoms. The molecular formula is C9H7F3INO4. The molecule has 0 atom stereocenters. The van der Waals surface area contributed by atoms with Crippen molar-refractivity contribution < 1.29 is 32.5 Å². The highest BCUT2D eigenvalue weighted by molar-refractivity contribution is 14.1. The standard InChI is InChI=1S/C9H7F3INO4/c1-2-17-8(16)6-4(15)3-5(7(13)14-6)18-9(10,11)12/h3,15H,2H2,1H3. The molecule has 1 rings (SSSR count). The Balaban J connectivity index is 3.08. The molecule has 0 spiro atoms. The van der Waals surface area contributed by atoms with Gasteiger partial charge in [-0.2, -0.15) is 0 Å². The van der Waals surface area contributed by atoms with Crippen LogP contribution in [0, 0.1) is 3.70 Å². The lowest BCUT2D eigenvalue weighted by atomic mass is 10.3. The van der Waals surface area contributed by atoms with Gasteiger partial charge in [-0.05, 0) is 29.5 Å². The molecular weight excluding hydrogens is 370 g/mol. The van der Waals surface area contributed by atoms with Crippen LogP contribution >= 0.6 is 22.6 Å². The molecule has 0 radical (unpaired) electrons. The van der Waals surface area contributed by atoms with Gasteiger partial charge in [-0.15, -0.1) is 13.2 Å². The molecule has 0 saturated heterocycles. The number of aromatic hydroxyl groups is 1. The zero-order chi connectivity index (χ0) is 13.9. The summed E-state index contributed by atoms with van der Waals surface area (Å²) in [4.78, 5) is 14.8. The van der Waals surface area contributed by atoms with Crippen molar-refractivity contribution in [3.8, 4) is 11.5 Å². The van der Waals surface area contributed by atoms with Crippen molar-refractivity contribution in [2.75, 3.05) is 6.61 Å². The Morgan fingerprint density at radius 1 is 1.56 bits per heavy atom. The number of halogens is 4. The molecule has 0 aliphatic carbocycles. The van der Waals surface area contributed by atoms with E-state index in [1.165, 1.54) is 22.6 Å². The number of nitrogens with zero attached hydrogens (tertiary/aromatic N) is 1. The summed E-state index contributed by atoms with van der Waals surface area (Å²) in [6.07, 6.45) is -4.90. The second kappa shape index (κ2) is 5.59. The number of hydrogen-bond donors (Lipinski definition) is 1. The molecule has 0 aliphatic heterocycles. The summed E-state index contributed by atoms with van der Waals surface area (Å²) in [7, 11) is 0. The fraction of sp³-hybridized carbons (Fsp3) is 0.333. The Labute approximate surface area is 113 Å². The van der Waals surface area contributed by atoms with Crippen molar-refractivity contribution >= 4 is 28.6 Å². The van der Waals surface area contributed by atoms with Crippen LogP contribution in [-0.2, 0) is 4.74 Å². The Morgan fingerprint density at radius 3 is 2.67 bits per heavy atom. The van der Waals surface area contributed by atoms with E-state index in [1.807, 2.05) is 0 Å². The van der Waals surface area contributed by atoms with Gasteiger partial charge in [0.25, 0.3) is 0 Å². The van der Waals surface area contributed by atoms with E-state index >= 15 is 0 Å². The topological polar surface area (TPSA) is 68.7 Å². The zero-order valence-corrected chi connectivity index (χ0v) is 11.1. The molecule has 0 saturated carbocycles. The quantitative estimate of drug-likeness (QED) is 0.498. The number of carbonyl (C=O) groups is 1. The predicted molar refractivity (Wildman–Crippen MR) is 61.3 cm³/mol. The van der Waals surface area contributed by atoms with E-state index in [0.29, 0.717) is 6.07 Å². The molecule has 0 fully saturated rings. The van der Waals surface area contributed by atoms with Crippen LogP contribution in [0.25, 0.3) is 0 Å². The highest BCUT2D eigenvalue weighted by atomic mass is 127. The fourth-order valence-corrected chi connectivity index (χ4v) is 1.52. The number of pyridine rings is 1. The second-order valence-corrected chi connectivity index (χ2v) is 3.94. The van der Waals surface area contributed by atoms with Crippen LogP contribution in [0.1, 0.15) is 17.4 Å². The molecule has 1 aromatic heterocycles. The van der Waals surface area contributed by atoms with E-state index in [4.69, 9.17) is 0 Å². The maximum Gasteiger partial charge on any atom is 0.573 e. The van der Waals surface area contributed by atoms with Gasteiger partial charge >= 0.3 is 12.3 Å². The fourth-order valence-electron chi connectivity index (χ4n) is 1.01. The predicted octanol–water partition coefficient (Wildman–Crippen LogP) is 2.47. The van der Waals surface area contributed by atoms with E-state index in [0.717, 1.165) is 0 Å². The van der Waals surface area contributed by atoms with E-state index < -0.39 is 29.5 Å². The van der Waals surface area contributed by atoms with Crippen molar-refractivity contribution in [3.63, 3.8) is 0 Å². The minimum Gasteiger partial charge on any atom is -0.505 e. The second-order valence-electron chi connectivity index (χ2n) is 2.91. The lowest BCUT2D eigenvalue weighted by Crippen LogP contribution is -2.19. The number of esters is 1. The van der Waals surface area contributed by atoms with Gasteiger partial charge in [-0.1, -0.05) is 0 Å². The molecule has 1 N–H and O–H groups in total. The van der Waals surface area contributed by atoms with Crippen molar-refractivity contribution in [2.24, 2.45) is 0 Å². The average Bonchev–Trinajstić information content (AvgIpc) is 2.21. The first-order valence-corrected chi connectivity index (χ1v) is 5.65. The molecule has 0 aliphatic rings. The van der Waals surface area contributed by atoms with Gasteiger partial charge in [-0.3, -0.25) is 0 Å². The first-order valence-electron chi connectivity index (χ1n) is 4.57. The zero-order valence-electron chi connectivity index (χ0n) is 8.92. The minimum absolute atomic E-state index is 0.0529. The maximum absolute atomic E-state index is 12.0. The van der Waals surface area contributed by atoms with Gasteiger partial charge in [0, 0.05) is 6.07 Å². The summed E-state index contributed by atoms with van der Waals surface area (Å²) in [5.41, 5.74) is -0.462. The number of aromatic nitrogens is 1. The average molecular weight is 377 g/mol. The first kappa shape index (κ1) is 14.8. The summed E-state index contributed by atoms with van der Waals surface area (Å²) in [6, 6.07) is 0.661. The smallest absolute Gasteiger partial charge is 0.505 e. The number of alkyl halides is 3. The Kier molecular flexibility index (Phi) is 4.59. The van der Waals surface area contributed by atoms with Gasteiger partial charge in [-0.25, -0.2) is 9.78 Å². The number of ether oxygens (including phenoxy) is 2. The largest absolute Gasteiger partial charge is 0.573 e. The Morgan fingerprint density at radius 2 is 2.17 bits per heavy atom. The van der Waals surface area contributed by atoms with Crippen molar-refractivity contribution in [1.29, 1.82) is 0 Å². The monoisotopic (exact) mass is 377 g/mol. The van der Waals surface area contributed by atoms with E-state index in [1.54, 1.807) is 6.92 Å². The summed E-state index contributed by atoms with van der Waals surface area (Å²) in [5.74, 6) is -2.35. The van der Waals surface area contributed by atoms with Crippen LogP contribution in [-0.4, -0.2) is 29.0 Å². The third-order valence-corrected chi connectivity index (χ3v) is 2.39. The third kappa shape index (κ3) is 3.89. The third-order valence-electron chi connectivity index (χ3n) is 1.62. The van der Waals surface area contributed by atoms with Gasteiger partial charge in [0.15, 0.2) is 17.2 Å². The van der Waals surface area contributed by atoms with Crippen LogP contribution in [0.3, 0.4) is 0 Å². The number of hydrogen-bond acceptors (Lipinski definition) is 5. The summed E-state index contributed by atoms with van der Waals surface area (Å²) in [6.45, 7) is 1.60. The molecule has 100 valence electrons. The molecule has 0 bridgehead atoms. The van der Waals surface area contributed by atoms with Gasteiger partial charge in [0.05, 0.1) is 6.61 Å². The molecule has 0 unspecified atom stereocenters. The van der Waals surface area contributed by atoms with Crippen LogP contribution in [0.5, 0.6) is 11.5 Å².